The zero-order chi connectivity index (χ0) is 14.6. The maximum Gasteiger partial charge on any atom is 0.246 e. The van der Waals surface area contributed by atoms with E-state index in [9.17, 15) is 12.8 Å². The highest BCUT2D eigenvalue weighted by atomic mass is 32.2. The summed E-state index contributed by atoms with van der Waals surface area (Å²) in [6, 6.07) is 2.56. The molecule has 6 heteroatoms. The Morgan fingerprint density at radius 3 is 2.63 bits per heavy atom. The molecule has 0 fully saturated rings. The summed E-state index contributed by atoms with van der Waals surface area (Å²) in [7, 11) is -3.89. The van der Waals surface area contributed by atoms with Gasteiger partial charge >= 0.3 is 0 Å². The first-order valence-corrected chi connectivity index (χ1v) is 7.45. The molecule has 0 aliphatic heterocycles. The van der Waals surface area contributed by atoms with Gasteiger partial charge < -0.3 is 5.73 Å². The lowest BCUT2D eigenvalue weighted by Crippen LogP contribution is -2.32. The minimum Gasteiger partial charge on any atom is -0.399 e. The SMILES string of the molecule is C=CCN(CCC)S(=O)(=O)c1cc(N)cc(C)c1F. The van der Waals surface area contributed by atoms with Gasteiger partial charge in [0.2, 0.25) is 10.0 Å². The summed E-state index contributed by atoms with van der Waals surface area (Å²) in [6.45, 7) is 7.31. The van der Waals surface area contributed by atoms with Crippen molar-refractivity contribution in [2.75, 3.05) is 18.8 Å². The smallest absolute Gasteiger partial charge is 0.246 e. The highest BCUT2D eigenvalue weighted by molar-refractivity contribution is 7.89. The van der Waals surface area contributed by atoms with Crippen molar-refractivity contribution in [2.45, 2.75) is 25.2 Å². The Kier molecular flexibility index (Phi) is 5.08. The van der Waals surface area contributed by atoms with Crippen molar-refractivity contribution in [1.29, 1.82) is 0 Å². The minimum atomic E-state index is -3.89. The molecule has 0 saturated heterocycles. The molecule has 1 aromatic rings. The van der Waals surface area contributed by atoms with Gasteiger partial charge in [-0.1, -0.05) is 13.0 Å². The highest BCUT2D eigenvalue weighted by Gasteiger charge is 2.27. The highest BCUT2D eigenvalue weighted by Crippen LogP contribution is 2.24. The normalized spacial score (nSPS) is 11.8. The number of anilines is 1. The molecular formula is C13H19FN2O2S. The van der Waals surface area contributed by atoms with Gasteiger partial charge in [0.05, 0.1) is 0 Å². The van der Waals surface area contributed by atoms with E-state index in [4.69, 9.17) is 5.73 Å². The molecule has 2 N–H and O–H groups in total. The van der Waals surface area contributed by atoms with E-state index in [0.717, 1.165) is 6.07 Å². The van der Waals surface area contributed by atoms with Gasteiger partial charge in [0.15, 0.2) is 0 Å². The van der Waals surface area contributed by atoms with Crippen LogP contribution in [-0.4, -0.2) is 25.8 Å². The van der Waals surface area contributed by atoms with Crippen LogP contribution in [-0.2, 0) is 10.0 Å². The summed E-state index contributed by atoms with van der Waals surface area (Å²) in [4.78, 5) is -0.375. The van der Waals surface area contributed by atoms with Crippen LogP contribution < -0.4 is 5.73 Å². The topological polar surface area (TPSA) is 63.4 Å². The van der Waals surface area contributed by atoms with Crippen molar-refractivity contribution in [3.63, 3.8) is 0 Å². The van der Waals surface area contributed by atoms with E-state index >= 15 is 0 Å². The van der Waals surface area contributed by atoms with E-state index < -0.39 is 15.8 Å². The lowest BCUT2D eigenvalue weighted by molar-refractivity contribution is 0.436. The molecule has 0 aromatic heterocycles. The maximum atomic E-state index is 14.0. The second-order valence-electron chi connectivity index (χ2n) is 4.30. The van der Waals surface area contributed by atoms with E-state index in [2.05, 4.69) is 6.58 Å². The molecule has 0 heterocycles. The van der Waals surface area contributed by atoms with E-state index in [0.29, 0.717) is 13.0 Å². The van der Waals surface area contributed by atoms with Crippen LogP contribution in [0, 0.1) is 12.7 Å². The van der Waals surface area contributed by atoms with Gasteiger partial charge in [-0.2, -0.15) is 4.31 Å². The molecule has 0 radical (unpaired) electrons. The summed E-state index contributed by atoms with van der Waals surface area (Å²) in [5.41, 5.74) is 6.05. The number of halogens is 1. The molecule has 106 valence electrons. The van der Waals surface area contributed by atoms with Crippen molar-refractivity contribution in [3.05, 3.63) is 36.2 Å². The molecule has 1 aromatic carbocycles. The lowest BCUT2D eigenvalue weighted by atomic mass is 10.2. The van der Waals surface area contributed by atoms with Crippen LogP contribution >= 0.6 is 0 Å². The number of hydrogen-bond donors (Lipinski definition) is 1. The molecular weight excluding hydrogens is 267 g/mol. The first kappa shape index (κ1) is 15.7. The van der Waals surface area contributed by atoms with Crippen LogP contribution in [0.4, 0.5) is 10.1 Å². The Bertz CT molecular complexity index is 570. The summed E-state index contributed by atoms with van der Waals surface area (Å²) in [5, 5.41) is 0. The zero-order valence-electron chi connectivity index (χ0n) is 11.2. The molecule has 0 atom stereocenters. The quantitative estimate of drug-likeness (QED) is 0.644. The average Bonchev–Trinajstić information content (AvgIpc) is 2.33. The van der Waals surface area contributed by atoms with Crippen LogP contribution in [0.15, 0.2) is 29.7 Å². The van der Waals surface area contributed by atoms with Gasteiger partial charge in [0.1, 0.15) is 10.7 Å². The second-order valence-corrected chi connectivity index (χ2v) is 6.21. The summed E-state index contributed by atoms with van der Waals surface area (Å²) < 4.78 is 40.1. The summed E-state index contributed by atoms with van der Waals surface area (Å²) in [5.74, 6) is -0.751. The fraction of sp³-hybridized carbons (Fsp3) is 0.385. The van der Waals surface area contributed by atoms with Gasteiger partial charge in [-0.25, -0.2) is 12.8 Å². The van der Waals surface area contributed by atoms with Crippen molar-refractivity contribution in [3.8, 4) is 0 Å². The third kappa shape index (κ3) is 3.33. The van der Waals surface area contributed by atoms with E-state index in [1.54, 1.807) is 0 Å². The van der Waals surface area contributed by atoms with Crippen molar-refractivity contribution in [1.82, 2.24) is 4.31 Å². The van der Waals surface area contributed by atoms with Crippen LogP contribution in [0.5, 0.6) is 0 Å². The van der Waals surface area contributed by atoms with Crippen LogP contribution in [0.1, 0.15) is 18.9 Å². The molecule has 1 rings (SSSR count). The molecule has 0 aliphatic carbocycles. The molecule has 0 unspecified atom stereocenters. The maximum absolute atomic E-state index is 14.0. The van der Waals surface area contributed by atoms with Gasteiger partial charge in [-0.05, 0) is 31.0 Å². The Hall–Kier alpha value is -1.40. The van der Waals surface area contributed by atoms with Crippen molar-refractivity contribution >= 4 is 15.7 Å². The number of aryl methyl sites for hydroxylation is 1. The third-order valence-corrected chi connectivity index (χ3v) is 4.53. The van der Waals surface area contributed by atoms with E-state index in [1.165, 1.54) is 23.4 Å². The van der Waals surface area contributed by atoms with Gasteiger partial charge in [-0.15, -0.1) is 6.58 Å². The fourth-order valence-corrected chi connectivity index (χ4v) is 3.47. The molecule has 0 saturated carbocycles. The molecule has 0 aliphatic rings. The monoisotopic (exact) mass is 286 g/mol. The zero-order valence-corrected chi connectivity index (χ0v) is 12.0. The third-order valence-electron chi connectivity index (χ3n) is 2.67. The number of benzene rings is 1. The summed E-state index contributed by atoms with van der Waals surface area (Å²) >= 11 is 0. The van der Waals surface area contributed by atoms with Crippen molar-refractivity contribution in [2.24, 2.45) is 0 Å². The van der Waals surface area contributed by atoms with Crippen LogP contribution in [0.3, 0.4) is 0 Å². The van der Waals surface area contributed by atoms with E-state index in [-0.39, 0.29) is 22.7 Å². The molecule has 19 heavy (non-hydrogen) atoms. The Morgan fingerprint density at radius 2 is 2.11 bits per heavy atom. The van der Waals surface area contributed by atoms with Crippen LogP contribution in [0.2, 0.25) is 0 Å². The average molecular weight is 286 g/mol. The standard InChI is InChI=1S/C13H19FN2O2S/c1-4-6-16(7-5-2)19(17,18)12-9-11(15)8-10(3)13(12)14/h4,8-9H,1,5-7,15H2,2-3H3. The number of rotatable bonds is 6. The van der Waals surface area contributed by atoms with E-state index in [1.807, 2.05) is 6.92 Å². The molecule has 0 amide bonds. The first-order valence-electron chi connectivity index (χ1n) is 6.01. The van der Waals surface area contributed by atoms with Gasteiger partial charge in [0.25, 0.3) is 0 Å². The van der Waals surface area contributed by atoms with Gasteiger partial charge in [-0.3, -0.25) is 0 Å². The molecule has 0 spiro atoms. The number of nitrogens with two attached hydrogens (primary N) is 1. The Labute approximate surface area is 113 Å². The lowest BCUT2D eigenvalue weighted by Gasteiger charge is -2.21. The number of hydrogen-bond acceptors (Lipinski definition) is 3. The molecule has 4 nitrogen and oxygen atoms in total. The first-order chi connectivity index (χ1) is 8.84. The van der Waals surface area contributed by atoms with Crippen LogP contribution in [0.25, 0.3) is 0 Å². The van der Waals surface area contributed by atoms with Gasteiger partial charge in [0, 0.05) is 18.8 Å². The number of sulfonamides is 1. The molecule has 0 bridgehead atoms. The second kappa shape index (κ2) is 6.16. The predicted octanol–water partition coefficient (Wildman–Crippen LogP) is 2.30. The van der Waals surface area contributed by atoms with Crippen molar-refractivity contribution < 1.29 is 12.8 Å². The Balaban J connectivity index is 3.36. The fourth-order valence-electron chi connectivity index (χ4n) is 1.79. The minimum absolute atomic E-state index is 0.142. The predicted molar refractivity (Wildman–Crippen MR) is 74.8 cm³/mol. The number of nitrogens with zero attached hydrogens (tertiary/aromatic N) is 1. The number of nitrogen functional groups attached to an aromatic ring is 1. The largest absolute Gasteiger partial charge is 0.399 e. The Morgan fingerprint density at radius 1 is 1.47 bits per heavy atom. The summed E-state index contributed by atoms with van der Waals surface area (Å²) in [6.07, 6.45) is 2.11.